The Balaban J connectivity index is 1.64. The standard InChI is InChI=1S/C20H17F3N2O4S/c1-25-19(27)15-8-7-13(10-16(15)30(25,28)29)18(26)24-17(11-5-6-11)12-3-2-4-14(9-12)20(21,22)23/h2-4,7-11,17H,5-6H2,1H3,(H,24,26)/t17-/m0/s1. The first-order chi connectivity index (χ1) is 14.0. The van der Waals surface area contributed by atoms with E-state index in [1.165, 1.54) is 24.3 Å². The Morgan fingerprint density at radius 2 is 1.87 bits per heavy atom. The van der Waals surface area contributed by atoms with Crippen LogP contribution in [0.3, 0.4) is 0 Å². The van der Waals surface area contributed by atoms with Crippen LogP contribution in [0.5, 0.6) is 0 Å². The number of sulfonamides is 1. The van der Waals surface area contributed by atoms with Crippen molar-refractivity contribution < 1.29 is 31.2 Å². The molecule has 2 aromatic carbocycles. The van der Waals surface area contributed by atoms with E-state index < -0.39 is 39.6 Å². The Hall–Kier alpha value is -2.88. The fourth-order valence-electron chi connectivity index (χ4n) is 3.52. The second-order valence-electron chi connectivity index (χ2n) is 7.40. The molecule has 1 N–H and O–H groups in total. The fourth-order valence-corrected chi connectivity index (χ4v) is 4.84. The summed E-state index contributed by atoms with van der Waals surface area (Å²) in [6, 6.07) is 7.90. The van der Waals surface area contributed by atoms with Gasteiger partial charge in [0.05, 0.1) is 17.2 Å². The zero-order valence-electron chi connectivity index (χ0n) is 15.7. The van der Waals surface area contributed by atoms with Crippen molar-refractivity contribution >= 4 is 21.8 Å². The highest BCUT2D eigenvalue weighted by atomic mass is 32.2. The van der Waals surface area contributed by atoms with Crippen LogP contribution in [-0.4, -0.2) is 31.6 Å². The summed E-state index contributed by atoms with van der Waals surface area (Å²) in [5, 5.41) is 2.73. The Kier molecular flexibility index (Phi) is 4.64. The molecule has 10 heteroatoms. The van der Waals surface area contributed by atoms with Gasteiger partial charge in [0.15, 0.2) is 0 Å². The summed E-state index contributed by atoms with van der Waals surface area (Å²) >= 11 is 0. The predicted octanol–water partition coefficient (Wildman–Crippen LogP) is 3.36. The van der Waals surface area contributed by atoms with Gasteiger partial charge in [0.2, 0.25) is 0 Å². The monoisotopic (exact) mass is 438 g/mol. The summed E-state index contributed by atoms with van der Waals surface area (Å²) in [7, 11) is -2.88. The molecule has 2 aromatic rings. The van der Waals surface area contributed by atoms with Crippen molar-refractivity contribution in [2.75, 3.05) is 7.05 Å². The van der Waals surface area contributed by atoms with E-state index in [2.05, 4.69) is 5.32 Å². The van der Waals surface area contributed by atoms with E-state index in [-0.39, 0.29) is 21.9 Å². The van der Waals surface area contributed by atoms with Crippen molar-refractivity contribution in [3.63, 3.8) is 0 Å². The van der Waals surface area contributed by atoms with E-state index in [9.17, 15) is 31.2 Å². The first-order valence-corrected chi connectivity index (χ1v) is 10.6. The number of carbonyl (C=O) groups excluding carboxylic acids is 2. The Morgan fingerprint density at radius 3 is 2.50 bits per heavy atom. The molecule has 0 saturated heterocycles. The minimum Gasteiger partial charge on any atom is -0.345 e. The molecule has 30 heavy (non-hydrogen) atoms. The Bertz CT molecular complexity index is 1160. The third-order valence-electron chi connectivity index (χ3n) is 5.35. The zero-order chi connectivity index (χ0) is 21.8. The topological polar surface area (TPSA) is 83.6 Å². The summed E-state index contributed by atoms with van der Waals surface area (Å²) in [5.74, 6) is -1.30. The van der Waals surface area contributed by atoms with Crippen LogP contribution in [0.2, 0.25) is 0 Å². The minimum atomic E-state index is -4.50. The number of hydrogen-bond donors (Lipinski definition) is 1. The third-order valence-corrected chi connectivity index (χ3v) is 7.13. The van der Waals surface area contributed by atoms with Crippen molar-refractivity contribution in [3.05, 3.63) is 64.7 Å². The number of hydrogen-bond acceptors (Lipinski definition) is 4. The first kappa shape index (κ1) is 20.4. The molecule has 1 aliphatic carbocycles. The van der Waals surface area contributed by atoms with Crippen LogP contribution in [0.4, 0.5) is 13.2 Å². The van der Waals surface area contributed by atoms with Crippen molar-refractivity contribution in [1.82, 2.24) is 9.62 Å². The van der Waals surface area contributed by atoms with Crippen molar-refractivity contribution in [2.24, 2.45) is 5.92 Å². The summed E-state index contributed by atoms with van der Waals surface area (Å²) in [5.41, 5.74) is -0.474. The number of alkyl halides is 3. The molecule has 1 fully saturated rings. The van der Waals surface area contributed by atoms with Crippen LogP contribution in [0.1, 0.15) is 50.7 Å². The number of fused-ring (bicyclic) bond motifs is 1. The van der Waals surface area contributed by atoms with Gasteiger partial charge >= 0.3 is 6.18 Å². The third kappa shape index (κ3) is 3.45. The van der Waals surface area contributed by atoms with E-state index in [4.69, 9.17) is 0 Å². The normalized spacial score (nSPS) is 18.8. The average Bonchev–Trinajstić information content (AvgIpc) is 3.52. The van der Waals surface area contributed by atoms with E-state index in [1.54, 1.807) is 0 Å². The van der Waals surface area contributed by atoms with Gasteiger partial charge in [0.1, 0.15) is 4.90 Å². The van der Waals surface area contributed by atoms with Gasteiger partial charge < -0.3 is 5.32 Å². The molecule has 0 unspecified atom stereocenters. The maximum absolute atomic E-state index is 13.1. The Morgan fingerprint density at radius 1 is 1.17 bits per heavy atom. The van der Waals surface area contributed by atoms with Gasteiger partial charge in [-0.15, -0.1) is 0 Å². The lowest BCUT2D eigenvalue weighted by atomic mass is 9.99. The largest absolute Gasteiger partial charge is 0.416 e. The Labute approximate surface area is 170 Å². The molecule has 0 bridgehead atoms. The van der Waals surface area contributed by atoms with Crippen LogP contribution in [0.15, 0.2) is 47.4 Å². The SMILES string of the molecule is CN1C(=O)c2ccc(C(=O)N[C@H](c3cccc(C(F)(F)F)c3)C3CC3)cc2S1(=O)=O. The van der Waals surface area contributed by atoms with E-state index in [1.807, 2.05) is 0 Å². The molecular formula is C20H17F3N2O4S. The molecule has 4 rings (SSSR count). The number of halogens is 3. The molecule has 2 amide bonds. The molecule has 1 atom stereocenters. The lowest BCUT2D eigenvalue weighted by Gasteiger charge is -2.20. The first-order valence-electron chi connectivity index (χ1n) is 9.15. The quantitative estimate of drug-likeness (QED) is 0.794. The summed E-state index contributed by atoms with van der Waals surface area (Å²) in [6.07, 6.45) is -2.97. The van der Waals surface area contributed by atoms with Gasteiger partial charge in [-0.3, -0.25) is 9.59 Å². The number of nitrogens with zero attached hydrogens (tertiary/aromatic N) is 1. The van der Waals surface area contributed by atoms with Gasteiger partial charge in [-0.1, -0.05) is 12.1 Å². The molecule has 6 nitrogen and oxygen atoms in total. The highest BCUT2D eigenvalue weighted by Gasteiger charge is 2.40. The number of benzene rings is 2. The van der Waals surface area contributed by atoms with Crippen LogP contribution < -0.4 is 5.32 Å². The molecule has 2 aliphatic rings. The van der Waals surface area contributed by atoms with E-state index in [0.717, 1.165) is 38.1 Å². The molecule has 0 aromatic heterocycles. The summed E-state index contributed by atoms with van der Waals surface area (Å²) in [4.78, 5) is 24.6. The van der Waals surface area contributed by atoms with E-state index in [0.29, 0.717) is 9.87 Å². The van der Waals surface area contributed by atoms with Gasteiger partial charge in [0, 0.05) is 12.6 Å². The molecule has 158 valence electrons. The molecule has 0 radical (unpaired) electrons. The highest BCUT2D eigenvalue weighted by Crippen LogP contribution is 2.42. The highest BCUT2D eigenvalue weighted by molar-refractivity contribution is 7.90. The van der Waals surface area contributed by atoms with Crippen LogP contribution >= 0.6 is 0 Å². The second-order valence-corrected chi connectivity index (χ2v) is 9.34. The lowest BCUT2D eigenvalue weighted by Crippen LogP contribution is -2.30. The van der Waals surface area contributed by atoms with Crippen molar-refractivity contribution in [1.29, 1.82) is 0 Å². The average molecular weight is 438 g/mol. The number of amides is 2. The molecular weight excluding hydrogens is 421 g/mol. The van der Waals surface area contributed by atoms with Gasteiger partial charge in [-0.2, -0.15) is 13.2 Å². The molecule has 1 heterocycles. The van der Waals surface area contributed by atoms with Gasteiger partial charge in [0.25, 0.3) is 21.8 Å². The number of nitrogens with one attached hydrogen (secondary N) is 1. The number of carbonyl (C=O) groups is 2. The summed E-state index contributed by atoms with van der Waals surface area (Å²) in [6.45, 7) is 0. The smallest absolute Gasteiger partial charge is 0.345 e. The minimum absolute atomic E-state index is 0.00306. The number of rotatable bonds is 4. The molecule has 0 spiro atoms. The maximum atomic E-state index is 13.1. The van der Waals surface area contributed by atoms with Crippen molar-refractivity contribution in [2.45, 2.75) is 30.0 Å². The lowest BCUT2D eigenvalue weighted by molar-refractivity contribution is -0.137. The molecule has 1 saturated carbocycles. The van der Waals surface area contributed by atoms with Crippen LogP contribution in [0.25, 0.3) is 0 Å². The zero-order valence-corrected chi connectivity index (χ0v) is 16.5. The molecule has 1 aliphatic heterocycles. The summed E-state index contributed by atoms with van der Waals surface area (Å²) < 4.78 is 64.5. The van der Waals surface area contributed by atoms with Crippen LogP contribution in [-0.2, 0) is 16.2 Å². The van der Waals surface area contributed by atoms with Gasteiger partial charge in [-0.05, 0) is 54.7 Å². The second kappa shape index (κ2) is 6.83. The van der Waals surface area contributed by atoms with Gasteiger partial charge in [-0.25, -0.2) is 12.7 Å². The van der Waals surface area contributed by atoms with Crippen molar-refractivity contribution in [3.8, 4) is 0 Å². The predicted molar refractivity (Wildman–Crippen MR) is 100 cm³/mol. The van der Waals surface area contributed by atoms with Crippen LogP contribution in [0, 0.1) is 5.92 Å². The van der Waals surface area contributed by atoms with E-state index >= 15 is 0 Å². The maximum Gasteiger partial charge on any atom is 0.416 e. The fraction of sp³-hybridized carbons (Fsp3) is 0.300.